The van der Waals surface area contributed by atoms with Gasteiger partial charge in [-0.2, -0.15) is 0 Å². The first-order valence-electron chi connectivity index (χ1n) is 11.5. The summed E-state index contributed by atoms with van der Waals surface area (Å²) in [6.45, 7) is 3.12. The zero-order valence-corrected chi connectivity index (χ0v) is 19.2. The van der Waals surface area contributed by atoms with Crippen molar-refractivity contribution in [2.24, 2.45) is 0 Å². The van der Waals surface area contributed by atoms with Gasteiger partial charge in [0.15, 0.2) is 6.61 Å². The van der Waals surface area contributed by atoms with E-state index in [1.165, 1.54) is 6.07 Å². The van der Waals surface area contributed by atoms with Gasteiger partial charge in [-0.1, -0.05) is 30.3 Å². The molecule has 1 saturated heterocycles. The Balaban J connectivity index is 1.27. The Labute approximate surface area is 197 Å². The molecule has 0 atom stereocenters. The standard InChI is InChI=1S/C26H27FN4O3/c1-29-11-10-22-19(16-29)25(18-6-2-4-8-21(18)28-22)26(33)34-17-24(32)31-14-12-30(13-15-31)23-9-5-3-7-20(23)27/h2-9H,10-17H2,1H3. The number of esters is 1. The number of para-hydroxylation sites is 2. The molecule has 7 nitrogen and oxygen atoms in total. The lowest BCUT2D eigenvalue weighted by Gasteiger charge is -2.36. The van der Waals surface area contributed by atoms with Gasteiger partial charge in [-0.25, -0.2) is 9.18 Å². The molecule has 2 aliphatic rings. The van der Waals surface area contributed by atoms with Crippen molar-refractivity contribution in [3.63, 3.8) is 0 Å². The molecule has 0 bridgehead atoms. The summed E-state index contributed by atoms with van der Waals surface area (Å²) >= 11 is 0. The average Bonchev–Trinajstić information content (AvgIpc) is 2.86. The molecule has 0 unspecified atom stereocenters. The van der Waals surface area contributed by atoms with Crippen LogP contribution in [-0.4, -0.2) is 73.0 Å². The average molecular weight is 463 g/mol. The second-order valence-corrected chi connectivity index (χ2v) is 8.81. The molecule has 8 heteroatoms. The topological polar surface area (TPSA) is 66.0 Å². The first kappa shape index (κ1) is 22.3. The Bertz CT molecular complexity index is 1240. The molecule has 0 spiro atoms. The molecule has 3 aromatic rings. The van der Waals surface area contributed by atoms with Crippen LogP contribution in [0, 0.1) is 5.82 Å². The first-order valence-corrected chi connectivity index (χ1v) is 11.5. The number of halogens is 1. The highest BCUT2D eigenvalue weighted by Crippen LogP contribution is 2.28. The summed E-state index contributed by atoms with van der Waals surface area (Å²) in [6, 6.07) is 14.2. The molecule has 5 rings (SSSR count). The molecular formula is C26H27FN4O3. The van der Waals surface area contributed by atoms with E-state index in [9.17, 15) is 14.0 Å². The van der Waals surface area contributed by atoms with Crippen molar-refractivity contribution in [1.82, 2.24) is 14.8 Å². The molecule has 3 heterocycles. The van der Waals surface area contributed by atoms with Crippen LogP contribution in [0.4, 0.5) is 10.1 Å². The molecule has 1 fully saturated rings. The third-order valence-electron chi connectivity index (χ3n) is 6.59. The lowest BCUT2D eigenvalue weighted by atomic mass is 9.96. The number of aromatic nitrogens is 1. The van der Waals surface area contributed by atoms with E-state index in [1.807, 2.05) is 36.2 Å². The lowest BCUT2D eigenvalue weighted by Crippen LogP contribution is -2.50. The van der Waals surface area contributed by atoms with Crippen molar-refractivity contribution >= 4 is 28.5 Å². The second kappa shape index (κ2) is 9.38. The van der Waals surface area contributed by atoms with Gasteiger partial charge in [0, 0.05) is 62.3 Å². The van der Waals surface area contributed by atoms with Crippen LogP contribution in [0.1, 0.15) is 21.6 Å². The normalized spacial score (nSPS) is 16.4. The number of hydrogen-bond donors (Lipinski definition) is 0. The maximum Gasteiger partial charge on any atom is 0.339 e. The molecule has 1 amide bonds. The molecule has 2 aromatic carbocycles. The number of nitrogens with zero attached hydrogens (tertiary/aromatic N) is 4. The summed E-state index contributed by atoms with van der Waals surface area (Å²) in [5.41, 5.74) is 3.60. The number of rotatable bonds is 4. The van der Waals surface area contributed by atoms with E-state index in [2.05, 4.69) is 4.90 Å². The third-order valence-corrected chi connectivity index (χ3v) is 6.59. The molecule has 0 saturated carbocycles. The highest BCUT2D eigenvalue weighted by Gasteiger charge is 2.27. The van der Waals surface area contributed by atoms with Crippen LogP contribution < -0.4 is 4.90 Å². The number of hydrogen-bond acceptors (Lipinski definition) is 6. The number of amides is 1. The van der Waals surface area contributed by atoms with E-state index in [-0.39, 0.29) is 18.3 Å². The largest absolute Gasteiger partial charge is 0.452 e. The minimum atomic E-state index is -0.497. The number of pyridine rings is 1. The number of piperazine rings is 1. The van der Waals surface area contributed by atoms with E-state index >= 15 is 0 Å². The Morgan fingerprint density at radius 3 is 2.53 bits per heavy atom. The minimum Gasteiger partial charge on any atom is -0.452 e. The summed E-state index contributed by atoms with van der Waals surface area (Å²) in [6.07, 6.45) is 0.766. The minimum absolute atomic E-state index is 0.245. The van der Waals surface area contributed by atoms with Gasteiger partial charge in [0.2, 0.25) is 0 Å². The maximum atomic E-state index is 14.1. The number of likely N-dealkylation sites (N-methyl/N-ethyl adjacent to an activating group) is 1. The fourth-order valence-corrected chi connectivity index (χ4v) is 4.75. The smallest absolute Gasteiger partial charge is 0.339 e. The highest BCUT2D eigenvalue weighted by atomic mass is 19.1. The second-order valence-electron chi connectivity index (χ2n) is 8.81. The number of carbonyl (C=O) groups is 2. The zero-order valence-electron chi connectivity index (χ0n) is 19.2. The summed E-state index contributed by atoms with van der Waals surface area (Å²) in [7, 11) is 2.01. The van der Waals surface area contributed by atoms with Crippen molar-refractivity contribution in [2.45, 2.75) is 13.0 Å². The number of fused-ring (bicyclic) bond motifs is 2. The van der Waals surface area contributed by atoms with E-state index in [0.29, 0.717) is 44.0 Å². The van der Waals surface area contributed by atoms with Gasteiger partial charge in [-0.15, -0.1) is 0 Å². The van der Waals surface area contributed by atoms with Gasteiger partial charge in [0.1, 0.15) is 5.82 Å². The van der Waals surface area contributed by atoms with Crippen LogP contribution in [0.2, 0.25) is 0 Å². The van der Waals surface area contributed by atoms with E-state index in [0.717, 1.165) is 35.1 Å². The van der Waals surface area contributed by atoms with E-state index in [1.54, 1.807) is 23.1 Å². The van der Waals surface area contributed by atoms with Crippen LogP contribution in [0.5, 0.6) is 0 Å². The fourth-order valence-electron chi connectivity index (χ4n) is 4.75. The van der Waals surface area contributed by atoms with Gasteiger partial charge in [-0.05, 0) is 25.2 Å². The van der Waals surface area contributed by atoms with Crippen molar-refractivity contribution < 1.29 is 18.7 Å². The van der Waals surface area contributed by atoms with Crippen LogP contribution >= 0.6 is 0 Å². The molecule has 1 aromatic heterocycles. The number of benzene rings is 2. The van der Waals surface area contributed by atoms with Gasteiger partial charge in [-0.3, -0.25) is 9.78 Å². The molecule has 34 heavy (non-hydrogen) atoms. The Morgan fingerprint density at radius 1 is 1.00 bits per heavy atom. The van der Waals surface area contributed by atoms with E-state index in [4.69, 9.17) is 9.72 Å². The fraction of sp³-hybridized carbons (Fsp3) is 0.346. The van der Waals surface area contributed by atoms with Gasteiger partial charge in [0.25, 0.3) is 5.91 Å². The summed E-state index contributed by atoms with van der Waals surface area (Å²) in [5.74, 6) is -1.01. The quantitative estimate of drug-likeness (QED) is 0.556. The van der Waals surface area contributed by atoms with Crippen LogP contribution in [-0.2, 0) is 22.5 Å². The number of ether oxygens (including phenoxy) is 1. The third kappa shape index (κ3) is 4.33. The number of anilines is 1. The summed E-state index contributed by atoms with van der Waals surface area (Å²) in [4.78, 5) is 36.5. The van der Waals surface area contributed by atoms with Crippen molar-refractivity contribution in [3.8, 4) is 0 Å². The molecule has 0 N–H and O–H groups in total. The van der Waals surface area contributed by atoms with Crippen LogP contribution in [0.15, 0.2) is 48.5 Å². The summed E-state index contributed by atoms with van der Waals surface area (Å²) < 4.78 is 19.6. The Kier molecular flexibility index (Phi) is 6.15. The van der Waals surface area contributed by atoms with Crippen molar-refractivity contribution in [2.75, 3.05) is 51.3 Å². The molecule has 0 radical (unpaired) electrons. The number of carbonyl (C=O) groups excluding carboxylic acids is 2. The monoisotopic (exact) mass is 462 g/mol. The van der Waals surface area contributed by atoms with Gasteiger partial charge in [0.05, 0.1) is 16.8 Å². The first-order chi connectivity index (χ1) is 16.5. The molecule has 176 valence electrons. The summed E-state index contributed by atoms with van der Waals surface area (Å²) in [5, 5.41) is 0.743. The van der Waals surface area contributed by atoms with Crippen LogP contribution in [0.3, 0.4) is 0 Å². The Morgan fingerprint density at radius 2 is 1.74 bits per heavy atom. The highest BCUT2D eigenvalue weighted by molar-refractivity contribution is 6.05. The van der Waals surface area contributed by atoms with E-state index < -0.39 is 5.97 Å². The SMILES string of the molecule is CN1CCc2nc3ccccc3c(C(=O)OCC(=O)N3CCN(c4ccccc4F)CC3)c2C1. The predicted octanol–water partition coefficient (Wildman–Crippen LogP) is 2.87. The Hall–Kier alpha value is -3.52. The maximum absolute atomic E-state index is 14.1. The predicted molar refractivity (Wildman–Crippen MR) is 127 cm³/mol. The molecule has 0 aliphatic carbocycles. The van der Waals surface area contributed by atoms with Gasteiger partial charge < -0.3 is 19.4 Å². The van der Waals surface area contributed by atoms with Crippen molar-refractivity contribution in [1.29, 1.82) is 0 Å². The van der Waals surface area contributed by atoms with Crippen molar-refractivity contribution in [3.05, 3.63) is 71.2 Å². The zero-order chi connectivity index (χ0) is 23.7. The molecule has 2 aliphatic heterocycles. The van der Waals surface area contributed by atoms with Gasteiger partial charge >= 0.3 is 5.97 Å². The lowest BCUT2D eigenvalue weighted by molar-refractivity contribution is -0.134. The molecular weight excluding hydrogens is 435 g/mol. The van der Waals surface area contributed by atoms with Crippen LogP contribution in [0.25, 0.3) is 10.9 Å².